The van der Waals surface area contributed by atoms with Gasteiger partial charge in [0.05, 0.1) is 0 Å². The van der Waals surface area contributed by atoms with Crippen molar-refractivity contribution in [2.24, 2.45) is 5.73 Å². The Morgan fingerprint density at radius 3 is 2.40 bits per heavy atom. The SMILES string of the molecule is CC(N)c1cc(Cl)ccc1OCc1cc(F)cc(F)c1. The molecule has 2 aromatic rings. The quantitative estimate of drug-likeness (QED) is 0.917. The maximum Gasteiger partial charge on any atom is 0.126 e. The Bertz CT molecular complexity index is 597. The molecule has 0 fully saturated rings. The van der Waals surface area contributed by atoms with E-state index in [1.807, 2.05) is 0 Å². The molecule has 0 aliphatic heterocycles. The van der Waals surface area contributed by atoms with Gasteiger partial charge in [-0.2, -0.15) is 0 Å². The zero-order valence-corrected chi connectivity index (χ0v) is 11.6. The maximum absolute atomic E-state index is 13.1. The van der Waals surface area contributed by atoms with E-state index in [2.05, 4.69) is 0 Å². The molecule has 0 aliphatic rings. The van der Waals surface area contributed by atoms with Crippen LogP contribution in [0.5, 0.6) is 5.75 Å². The molecule has 0 aromatic heterocycles. The van der Waals surface area contributed by atoms with E-state index in [4.69, 9.17) is 22.1 Å². The van der Waals surface area contributed by atoms with Gasteiger partial charge in [-0.15, -0.1) is 0 Å². The van der Waals surface area contributed by atoms with Gasteiger partial charge in [-0.25, -0.2) is 8.78 Å². The van der Waals surface area contributed by atoms with Crippen molar-refractivity contribution in [2.75, 3.05) is 0 Å². The lowest BCUT2D eigenvalue weighted by Gasteiger charge is -2.14. The van der Waals surface area contributed by atoms with E-state index in [0.29, 0.717) is 16.3 Å². The van der Waals surface area contributed by atoms with Gasteiger partial charge in [-0.3, -0.25) is 0 Å². The van der Waals surface area contributed by atoms with Crippen molar-refractivity contribution < 1.29 is 13.5 Å². The van der Waals surface area contributed by atoms with E-state index in [9.17, 15) is 8.78 Å². The third kappa shape index (κ3) is 3.68. The number of hydrogen-bond acceptors (Lipinski definition) is 2. The minimum absolute atomic E-state index is 0.0516. The number of benzene rings is 2. The summed E-state index contributed by atoms with van der Waals surface area (Å²) in [6.45, 7) is 1.86. The van der Waals surface area contributed by atoms with Crippen molar-refractivity contribution in [3.63, 3.8) is 0 Å². The summed E-state index contributed by atoms with van der Waals surface area (Å²) in [4.78, 5) is 0. The first-order chi connectivity index (χ1) is 9.45. The monoisotopic (exact) mass is 297 g/mol. The first-order valence-corrected chi connectivity index (χ1v) is 6.46. The Labute approximate surface area is 121 Å². The molecule has 20 heavy (non-hydrogen) atoms. The standard InChI is InChI=1S/C15H14ClF2NO/c1-9(19)14-6-11(16)2-3-15(14)20-8-10-4-12(17)7-13(18)5-10/h2-7,9H,8,19H2,1H3. The third-order valence-corrected chi connectivity index (χ3v) is 3.01. The topological polar surface area (TPSA) is 35.2 Å². The van der Waals surface area contributed by atoms with Crippen LogP contribution in [0.15, 0.2) is 36.4 Å². The summed E-state index contributed by atoms with van der Waals surface area (Å²) in [5.74, 6) is -0.715. The summed E-state index contributed by atoms with van der Waals surface area (Å²) in [6.07, 6.45) is 0. The van der Waals surface area contributed by atoms with Crippen LogP contribution in [-0.2, 0) is 6.61 Å². The largest absolute Gasteiger partial charge is 0.489 e. The van der Waals surface area contributed by atoms with Gasteiger partial charge in [0.15, 0.2) is 0 Å². The van der Waals surface area contributed by atoms with Crippen LogP contribution in [-0.4, -0.2) is 0 Å². The highest BCUT2D eigenvalue weighted by Crippen LogP contribution is 2.28. The minimum atomic E-state index is -0.632. The lowest BCUT2D eigenvalue weighted by Crippen LogP contribution is -2.08. The average Bonchev–Trinajstić information content (AvgIpc) is 2.36. The van der Waals surface area contributed by atoms with Gasteiger partial charge in [-0.05, 0) is 42.8 Å². The molecule has 0 spiro atoms. The highest BCUT2D eigenvalue weighted by Gasteiger charge is 2.10. The molecule has 106 valence electrons. The molecule has 0 aliphatic carbocycles. The highest BCUT2D eigenvalue weighted by molar-refractivity contribution is 6.30. The van der Waals surface area contributed by atoms with Gasteiger partial charge >= 0.3 is 0 Å². The van der Waals surface area contributed by atoms with Crippen molar-refractivity contribution in [3.05, 3.63) is 64.2 Å². The zero-order valence-electron chi connectivity index (χ0n) is 10.9. The summed E-state index contributed by atoms with van der Waals surface area (Å²) >= 11 is 5.91. The Kier molecular flexibility index (Phi) is 4.57. The Hall–Kier alpha value is -1.65. The molecule has 1 unspecified atom stereocenters. The lowest BCUT2D eigenvalue weighted by molar-refractivity contribution is 0.300. The van der Waals surface area contributed by atoms with E-state index >= 15 is 0 Å². The molecular weight excluding hydrogens is 284 g/mol. The molecule has 2 nitrogen and oxygen atoms in total. The second-order valence-corrected chi connectivity index (χ2v) is 4.97. The van der Waals surface area contributed by atoms with Crippen molar-refractivity contribution in [2.45, 2.75) is 19.6 Å². The van der Waals surface area contributed by atoms with Crippen molar-refractivity contribution in [1.29, 1.82) is 0 Å². The Morgan fingerprint density at radius 1 is 1.15 bits per heavy atom. The first kappa shape index (κ1) is 14.8. The number of halogens is 3. The van der Waals surface area contributed by atoms with Crippen LogP contribution in [0.4, 0.5) is 8.78 Å². The normalized spacial score (nSPS) is 12.2. The summed E-state index contributed by atoms with van der Waals surface area (Å²) < 4.78 is 31.7. The van der Waals surface area contributed by atoms with Gasteiger partial charge in [0, 0.05) is 22.7 Å². The van der Waals surface area contributed by atoms with Gasteiger partial charge in [0.25, 0.3) is 0 Å². The number of ether oxygens (including phenoxy) is 1. The van der Waals surface area contributed by atoms with E-state index in [1.165, 1.54) is 12.1 Å². The summed E-state index contributed by atoms with van der Waals surface area (Å²) in [5.41, 5.74) is 7.00. The molecule has 0 saturated heterocycles. The molecule has 0 radical (unpaired) electrons. The number of hydrogen-bond donors (Lipinski definition) is 1. The molecule has 0 heterocycles. The summed E-state index contributed by atoms with van der Waals surface area (Å²) in [7, 11) is 0. The van der Waals surface area contributed by atoms with E-state index in [1.54, 1.807) is 25.1 Å². The van der Waals surface area contributed by atoms with Crippen molar-refractivity contribution in [1.82, 2.24) is 0 Å². The molecule has 0 amide bonds. The molecule has 2 aromatic carbocycles. The smallest absolute Gasteiger partial charge is 0.126 e. The van der Waals surface area contributed by atoms with Crippen LogP contribution in [0.25, 0.3) is 0 Å². The van der Waals surface area contributed by atoms with Crippen molar-refractivity contribution in [3.8, 4) is 5.75 Å². The van der Waals surface area contributed by atoms with E-state index in [0.717, 1.165) is 11.6 Å². The summed E-state index contributed by atoms with van der Waals surface area (Å²) in [6, 6.07) is 8.10. The Morgan fingerprint density at radius 2 is 1.80 bits per heavy atom. The highest BCUT2D eigenvalue weighted by atomic mass is 35.5. The second-order valence-electron chi connectivity index (χ2n) is 4.54. The van der Waals surface area contributed by atoms with Gasteiger partial charge in [-0.1, -0.05) is 11.6 Å². The lowest BCUT2D eigenvalue weighted by atomic mass is 10.1. The van der Waals surface area contributed by atoms with Crippen LogP contribution < -0.4 is 10.5 Å². The van der Waals surface area contributed by atoms with Crippen molar-refractivity contribution >= 4 is 11.6 Å². The first-order valence-electron chi connectivity index (χ1n) is 6.08. The van der Waals surface area contributed by atoms with Crippen LogP contribution >= 0.6 is 11.6 Å². The van der Waals surface area contributed by atoms with Crippen LogP contribution in [0, 0.1) is 11.6 Å². The fraction of sp³-hybridized carbons (Fsp3) is 0.200. The molecule has 0 bridgehead atoms. The maximum atomic E-state index is 13.1. The molecule has 0 saturated carbocycles. The Balaban J connectivity index is 2.18. The second kappa shape index (κ2) is 6.20. The summed E-state index contributed by atoms with van der Waals surface area (Å²) in [5, 5.41) is 0.557. The molecule has 2 N–H and O–H groups in total. The van der Waals surface area contributed by atoms with Gasteiger partial charge in [0.1, 0.15) is 24.0 Å². The van der Waals surface area contributed by atoms with Gasteiger partial charge in [0.2, 0.25) is 0 Å². The van der Waals surface area contributed by atoms with Crippen LogP contribution in [0.3, 0.4) is 0 Å². The molecule has 5 heteroatoms. The van der Waals surface area contributed by atoms with Crippen LogP contribution in [0.1, 0.15) is 24.1 Å². The predicted molar refractivity (Wildman–Crippen MR) is 74.7 cm³/mol. The van der Waals surface area contributed by atoms with E-state index < -0.39 is 11.6 Å². The van der Waals surface area contributed by atoms with Crippen LogP contribution in [0.2, 0.25) is 5.02 Å². The van der Waals surface area contributed by atoms with E-state index in [-0.39, 0.29) is 12.6 Å². The zero-order chi connectivity index (χ0) is 14.7. The molecule has 2 rings (SSSR count). The fourth-order valence-corrected chi connectivity index (χ4v) is 2.04. The average molecular weight is 298 g/mol. The third-order valence-electron chi connectivity index (χ3n) is 2.78. The molecule has 1 atom stereocenters. The number of rotatable bonds is 4. The molecular formula is C15H14ClF2NO. The fourth-order valence-electron chi connectivity index (χ4n) is 1.86. The van der Waals surface area contributed by atoms with Gasteiger partial charge < -0.3 is 10.5 Å². The predicted octanol–water partition coefficient (Wildman–Crippen LogP) is 4.22. The number of nitrogens with two attached hydrogens (primary N) is 1. The minimum Gasteiger partial charge on any atom is -0.489 e.